The van der Waals surface area contributed by atoms with E-state index in [0.717, 1.165) is 0 Å². The van der Waals surface area contributed by atoms with Crippen LogP contribution in [0.3, 0.4) is 0 Å². The van der Waals surface area contributed by atoms with Gasteiger partial charge in [-0.25, -0.2) is 0 Å². The summed E-state index contributed by atoms with van der Waals surface area (Å²) in [5.74, 6) is 0. The minimum atomic E-state index is -3.39. The summed E-state index contributed by atoms with van der Waals surface area (Å²) in [7, 11) is -5.67. The Hall–Kier alpha value is -0.0251. The molecule has 0 saturated heterocycles. The van der Waals surface area contributed by atoms with Gasteiger partial charge in [-0.2, -0.15) is 0 Å². The molecule has 0 fully saturated rings. The molecular formula is H2BFO4P+. The Kier molecular flexibility index (Phi) is 3.03. The Morgan fingerprint density at radius 2 is 2.14 bits per heavy atom. The normalized spacial score (nSPS) is 11.0. The van der Waals surface area contributed by atoms with E-state index in [4.69, 9.17) is 10.0 Å². The van der Waals surface area contributed by atoms with Crippen LogP contribution in [0, 0.1) is 0 Å². The van der Waals surface area contributed by atoms with Gasteiger partial charge in [-0.05, 0) is 0 Å². The second-order valence-corrected chi connectivity index (χ2v) is 1.28. The molecule has 0 saturated carbocycles. The minimum Gasteiger partial charge on any atom is -0.399 e. The molecule has 0 radical (unpaired) electrons. The highest BCUT2D eigenvalue weighted by atomic mass is 31.2. The lowest BCUT2D eigenvalue weighted by Crippen LogP contribution is -2.10. The summed E-state index contributed by atoms with van der Waals surface area (Å²) in [6, 6.07) is 0. The van der Waals surface area contributed by atoms with Gasteiger partial charge in [0.1, 0.15) is 0 Å². The molecule has 0 bridgehead atoms. The molecular weight excluding hydrogens is 125 g/mol. The van der Waals surface area contributed by atoms with Crippen LogP contribution in [0.15, 0.2) is 0 Å². The van der Waals surface area contributed by atoms with Gasteiger partial charge in [-0.1, -0.05) is 0 Å². The molecule has 0 aromatic carbocycles. The Labute approximate surface area is 40.1 Å². The minimum absolute atomic E-state index is 2.28. The van der Waals surface area contributed by atoms with Crippen LogP contribution in [0.25, 0.3) is 0 Å². The largest absolute Gasteiger partial charge is 0.736 e. The predicted octanol–water partition coefficient (Wildman–Crippen LogP) is -0.401. The van der Waals surface area contributed by atoms with E-state index < -0.39 is 15.7 Å². The molecule has 1 unspecified atom stereocenters. The van der Waals surface area contributed by atoms with Gasteiger partial charge in [0.25, 0.3) is 0 Å². The summed E-state index contributed by atoms with van der Waals surface area (Å²) in [6.07, 6.45) is 0. The quantitative estimate of drug-likeness (QED) is 0.391. The summed E-state index contributed by atoms with van der Waals surface area (Å²) in [5, 5.41) is 15.3. The Morgan fingerprint density at radius 1 is 1.71 bits per heavy atom. The zero-order valence-corrected chi connectivity index (χ0v) is 4.01. The van der Waals surface area contributed by atoms with Crippen molar-refractivity contribution in [3.05, 3.63) is 0 Å². The van der Waals surface area contributed by atoms with Crippen molar-refractivity contribution >= 4 is 15.7 Å². The number of rotatable bonds is 2. The van der Waals surface area contributed by atoms with Crippen molar-refractivity contribution in [1.82, 2.24) is 0 Å². The third-order valence-electron chi connectivity index (χ3n) is 0.177. The Balaban J connectivity index is 3.13. The maximum absolute atomic E-state index is 10.9. The van der Waals surface area contributed by atoms with Crippen molar-refractivity contribution in [3.63, 3.8) is 0 Å². The first-order valence-electron chi connectivity index (χ1n) is 1.29. The zero-order valence-electron chi connectivity index (χ0n) is 3.11. The van der Waals surface area contributed by atoms with E-state index in [2.05, 4.69) is 4.44 Å². The van der Waals surface area contributed by atoms with Crippen molar-refractivity contribution in [2.45, 2.75) is 0 Å². The molecule has 2 N–H and O–H groups in total. The number of hydrogen-bond acceptors (Lipinski definition) is 4. The van der Waals surface area contributed by atoms with Crippen LogP contribution in [-0.4, -0.2) is 17.4 Å². The van der Waals surface area contributed by atoms with E-state index >= 15 is 0 Å². The van der Waals surface area contributed by atoms with E-state index in [1.807, 2.05) is 0 Å². The summed E-state index contributed by atoms with van der Waals surface area (Å²) in [4.78, 5) is 0. The molecule has 0 aromatic rings. The first-order valence-corrected chi connectivity index (χ1v) is 2.35. The van der Waals surface area contributed by atoms with Crippen molar-refractivity contribution in [1.29, 1.82) is 0 Å². The van der Waals surface area contributed by atoms with Gasteiger partial charge in [-0.3, -0.25) is 0 Å². The fourth-order valence-corrected chi connectivity index (χ4v) is 0.222. The first kappa shape index (κ1) is 6.97. The summed E-state index contributed by atoms with van der Waals surface area (Å²) in [5.41, 5.74) is 0. The Morgan fingerprint density at radius 3 is 2.14 bits per heavy atom. The Bertz CT molecular complexity index is 72.1. The molecule has 4 nitrogen and oxygen atoms in total. The lowest BCUT2D eigenvalue weighted by atomic mass is 10.3. The third kappa shape index (κ3) is 5.97. The van der Waals surface area contributed by atoms with Crippen molar-refractivity contribution in [2.75, 3.05) is 0 Å². The first-order chi connectivity index (χ1) is 3.13. The van der Waals surface area contributed by atoms with E-state index in [9.17, 15) is 8.76 Å². The van der Waals surface area contributed by atoms with Crippen molar-refractivity contribution in [2.24, 2.45) is 0 Å². The molecule has 0 aromatic heterocycles. The average molecular weight is 127 g/mol. The monoisotopic (exact) mass is 127 g/mol. The second kappa shape index (κ2) is 3.04. The molecule has 1 atom stereocenters. The summed E-state index contributed by atoms with van der Waals surface area (Å²) in [6.45, 7) is 0. The van der Waals surface area contributed by atoms with E-state index in [0.29, 0.717) is 0 Å². The lowest BCUT2D eigenvalue weighted by Gasteiger charge is -1.75. The van der Waals surface area contributed by atoms with Crippen LogP contribution >= 0.6 is 8.34 Å². The van der Waals surface area contributed by atoms with Gasteiger partial charge in [0, 0.05) is 4.57 Å². The fourth-order valence-electron chi connectivity index (χ4n) is 0.0741. The molecule has 0 aliphatic carbocycles. The third-order valence-corrected chi connectivity index (χ3v) is 0.531. The SMILES string of the molecule is O=[P+](F)OB(O)O. The maximum Gasteiger partial charge on any atom is 0.736 e. The molecule has 7 heteroatoms. The van der Waals surface area contributed by atoms with Crippen LogP contribution in [-0.2, 0) is 9.01 Å². The van der Waals surface area contributed by atoms with Crippen LogP contribution in [0.2, 0.25) is 0 Å². The molecule has 40 valence electrons. The second-order valence-electron chi connectivity index (χ2n) is 0.644. The lowest BCUT2D eigenvalue weighted by molar-refractivity contribution is 0.285. The van der Waals surface area contributed by atoms with Crippen molar-refractivity contribution in [3.8, 4) is 0 Å². The summed E-state index contributed by atoms with van der Waals surface area (Å²) >= 11 is 0. The molecule has 0 heterocycles. The van der Waals surface area contributed by atoms with Crippen molar-refractivity contribution < 1.29 is 23.3 Å². The highest BCUT2D eigenvalue weighted by molar-refractivity contribution is 7.34. The smallest absolute Gasteiger partial charge is 0.399 e. The number of hydrogen-bond donors (Lipinski definition) is 2. The highest BCUT2D eigenvalue weighted by Gasteiger charge is 2.27. The van der Waals surface area contributed by atoms with Gasteiger partial charge in [0.2, 0.25) is 0 Å². The van der Waals surface area contributed by atoms with Crippen LogP contribution in [0.5, 0.6) is 0 Å². The van der Waals surface area contributed by atoms with Crippen LogP contribution in [0.4, 0.5) is 4.20 Å². The molecule has 0 spiro atoms. The van der Waals surface area contributed by atoms with E-state index in [-0.39, 0.29) is 0 Å². The van der Waals surface area contributed by atoms with Gasteiger partial charge in [0.05, 0.1) is 4.20 Å². The summed E-state index contributed by atoms with van der Waals surface area (Å²) < 4.78 is 23.3. The van der Waals surface area contributed by atoms with Gasteiger partial charge in [0.15, 0.2) is 0 Å². The molecule has 0 amide bonds. The highest BCUT2D eigenvalue weighted by Crippen LogP contribution is 2.22. The predicted molar refractivity (Wildman–Crippen MR) is 20.0 cm³/mol. The van der Waals surface area contributed by atoms with E-state index in [1.54, 1.807) is 0 Å². The van der Waals surface area contributed by atoms with Gasteiger partial charge in [-0.15, -0.1) is 4.44 Å². The molecule has 7 heavy (non-hydrogen) atoms. The molecule has 0 aliphatic rings. The maximum atomic E-state index is 10.9. The van der Waals surface area contributed by atoms with Gasteiger partial charge < -0.3 is 10.0 Å². The standard InChI is InChI=1S/BFH2O4P/c2-7(5)6-1(3)4/h3-4H/q+1. The van der Waals surface area contributed by atoms with Crippen LogP contribution < -0.4 is 0 Å². The number of halogens is 1. The molecule has 0 rings (SSSR count). The van der Waals surface area contributed by atoms with E-state index in [1.165, 1.54) is 0 Å². The zero-order chi connectivity index (χ0) is 5.86. The average Bonchev–Trinajstić information content (AvgIpc) is 1.27. The molecule has 0 aliphatic heterocycles. The van der Waals surface area contributed by atoms with Crippen LogP contribution in [0.1, 0.15) is 0 Å². The fraction of sp³-hybridized carbons (Fsp3) is 0. The van der Waals surface area contributed by atoms with Gasteiger partial charge >= 0.3 is 15.7 Å². The topological polar surface area (TPSA) is 66.8 Å².